The minimum absolute atomic E-state index is 0.0629. The molecule has 4 aromatic rings. The van der Waals surface area contributed by atoms with Crippen LogP contribution >= 0.6 is 0 Å². The molecule has 1 aliphatic heterocycles. The summed E-state index contributed by atoms with van der Waals surface area (Å²) in [7, 11) is 0. The number of nitrogens with zero attached hydrogens (tertiary/aromatic N) is 5. The topological polar surface area (TPSA) is 101 Å². The van der Waals surface area contributed by atoms with E-state index >= 15 is 4.39 Å². The van der Waals surface area contributed by atoms with Crippen molar-refractivity contribution in [2.75, 3.05) is 6.54 Å². The van der Waals surface area contributed by atoms with Crippen LogP contribution in [0.3, 0.4) is 0 Å². The first-order valence-electron chi connectivity index (χ1n) is 12.6. The largest absolute Gasteiger partial charge is 0.478 e. The molecule has 0 aliphatic carbocycles. The average molecular weight is 502 g/mol. The highest BCUT2D eigenvalue weighted by Crippen LogP contribution is 2.28. The highest BCUT2D eigenvalue weighted by Gasteiger charge is 2.25. The molecule has 1 atom stereocenters. The second-order valence-corrected chi connectivity index (χ2v) is 9.41. The summed E-state index contributed by atoms with van der Waals surface area (Å²) in [5, 5.41) is 13.7. The number of rotatable bonds is 5. The quantitative estimate of drug-likeness (QED) is 0.400. The van der Waals surface area contributed by atoms with Gasteiger partial charge in [-0.05, 0) is 56.5 Å². The minimum atomic E-state index is -1.07. The third-order valence-electron chi connectivity index (χ3n) is 6.95. The van der Waals surface area contributed by atoms with E-state index in [0.29, 0.717) is 40.3 Å². The summed E-state index contributed by atoms with van der Waals surface area (Å²) in [4.78, 5) is 35.1. The molecule has 8 nitrogen and oxygen atoms in total. The maximum atomic E-state index is 15.2. The van der Waals surface area contributed by atoms with Gasteiger partial charge >= 0.3 is 5.97 Å². The maximum absolute atomic E-state index is 15.2. The number of hydrogen-bond acceptors (Lipinski definition) is 5. The predicted molar refractivity (Wildman–Crippen MR) is 137 cm³/mol. The first-order chi connectivity index (χ1) is 17.9. The number of hydrogen-bond donors (Lipinski definition) is 1. The molecule has 0 saturated carbocycles. The molecule has 1 aliphatic rings. The second-order valence-electron chi connectivity index (χ2n) is 9.41. The van der Waals surface area contributed by atoms with Gasteiger partial charge < -0.3 is 10.0 Å². The van der Waals surface area contributed by atoms with Crippen LogP contribution in [0.2, 0.25) is 0 Å². The van der Waals surface area contributed by atoms with Crippen LogP contribution in [0.5, 0.6) is 0 Å². The Morgan fingerprint density at radius 2 is 1.92 bits per heavy atom. The number of carbonyl (C=O) groups is 2. The Morgan fingerprint density at radius 1 is 1.08 bits per heavy atom. The van der Waals surface area contributed by atoms with E-state index in [0.717, 1.165) is 37.9 Å². The number of aromatic nitrogens is 4. The van der Waals surface area contributed by atoms with Gasteiger partial charge in [-0.25, -0.2) is 18.7 Å². The van der Waals surface area contributed by atoms with E-state index in [-0.39, 0.29) is 17.5 Å². The van der Waals surface area contributed by atoms with E-state index < -0.39 is 11.8 Å². The number of benzene rings is 1. The molecule has 1 unspecified atom stereocenters. The third-order valence-corrected chi connectivity index (χ3v) is 6.95. The number of halogens is 1. The summed E-state index contributed by atoms with van der Waals surface area (Å²) in [5.41, 5.74) is 3.46. The lowest BCUT2D eigenvalue weighted by Crippen LogP contribution is -2.38. The Hall–Kier alpha value is -4.14. The monoisotopic (exact) mass is 501 g/mol. The fraction of sp³-hybridized carbons (Fsp3) is 0.321. The van der Waals surface area contributed by atoms with Crippen LogP contribution in [0.25, 0.3) is 28.2 Å². The van der Waals surface area contributed by atoms with E-state index in [4.69, 9.17) is 5.11 Å². The van der Waals surface area contributed by atoms with Crippen LogP contribution in [0.15, 0.2) is 48.7 Å². The molecule has 1 amide bonds. The van der Waals surface area contributed by atoms with Crippen molar-refractivity contribution in [2.45, 2.75) is 52.0 Å². The minimum Gasteiger partial charge on any atom is -0.478 e. The second kappa shape index (κ2) is 10.1. The zero-order valence-electron chi connectivity index (χ0n) is 20.8. The number of carboxylic acid groups (broad SMARTS) is 1. The zero-order chi connectivity index (χ0) is 26.1. The van der Waals surface area contributed by atoms with Gasteiger partial charge in [-0.2, -0.15) is 5.10 Å². The Labute approximate surface area is 213 Å². The first-order valence-corrected chi connectivity index (χ1v) is 12.6. The molecule has 0 bridgehead atoms. The van der Waals surface area contributed by atoms with Gasteiger partial charge in [-0.3, -0.25) is 9.78 Å². The summed E-state index contributed by atoms with van der Waals surface area (Å²) in [6.45, 7) is 4.79. The smallest absolute Gasteiger partial charge is 0.337 e. The molecule has 9 heteroatoms. The van der Waals surface area contributed by atoms with Gasteiger partial charge in [0.25, 0.3) is 5.91 Å². The first kappa shape index (κ1) is 24.5. The van der Waals surface area contributed by atoms with Gasteiger partial charge in [0.1, 0.15) is 11.5 Å². The molecular weight excluding hydrogens is 473 g/mol. The molecule has 37 heavy (non-hydrogen) atoms. The van der Waals surface area contributed by atoms with E-state index in [1.54, 1.807) is 34.8 Å². The van der Waals surface area contributed by atoms with E-state index in [9.17, 15) is 9.59 Å². The summed E-state index contributed by atoms with van der Waals surface area (Å²) >= 11 is 0. The molecule has 4 heterocycles. The number of amides is 1. The van der Waals surface area contributed by atoms with Gasteiger partial charge in [0.05, 0.1) is 17.0 Å². The highest BCUT2D eigenvalue weighted by atomic mass is 19.1. The predicted octanol–water partition coefficient (Wildman–Crippen LogP) is 5.26. The van der Waals surface area contributed by atoms with Crippen molar-refractivity contribution in [3.05, 3.63) is 71.4 Å². The molecule has 0 radical (unpaired) electrons. The number of likely N-dealkylation sites (tertiary alicyclic amines) is 1. The van der Waals surface area contributed by atoms with Crippen LogP contribution in [0.1, 0.15) is 66.1 Å². The molecule has 1 N–H and O–H groups in total. The lowest BCUT2D eigenvalue weighted by Gasteiger charge is -2.27. The van der Waals surface area contributed by atoms with Crippen molar-refractivity contribution in [1.82, 2.24) is 24.5 Å². The summed E-state index contributed by atoms with van der Waals surface area (Å²) < 4.78 is 16.9. The Bertz CT molecular complexity index is 1480. The fourth-order valence-electron chi connectivity index (χ4n) is 4.83. The SMILES string of the molecule is CCc1cc(C(=O)N2CCCCCC2C)nc2cc(-c3ccc(-c4ccc(C(=O)O)cn4)cc3F)nn12. The Kier molecular flexibility index (Phi) is 6.69. The molecule has 190 valence electrons. The van der Waals surface area contributed by atoms with E-state index in [1.807, 2.05) is 11.8 Å². The molecule has 0 spiro atoms. The van der Waals surface area contributed by atoms with Crippen molar-refractivity contribution >= 4 is 17.5 Å². The van der Waals surface area contributed by atoms with Crippen LogP contribution in [0.4, 0.5) is 4.39 Å². The molecule has 1 saturated heterocycles. The fourth-order valence-corrected chi connectivity index (χ4v) is 4.83. The highest BCUT2D eigenvalue weighted by molar-refractivity contribution is 5.93. The van der Waals surface area contributed by atoms with Crippen LogP contribution in [-0.4, -0.2) is 54.1 Å². The third kappa shape index (κ3) is 4.81. The maximum Gasteiger partial charge on any atom is 0.337 e. The van der Waals surface area contributed by atoms with Crippen molar-refractivity contribution in [2.24, 2.45) is 0 Å². The molecule has 3 aromatic heterocycles. The molecule has 5 rings (SSSR count). The Balaban J connectivity index is 1.48. The number of carboxylic acids is 1. The van der Waals surface area contributed by atoms with Gasteiger partial charge in [0, 0.05) is 41.7 Å². The van der Waals surface area contributed by atoms with Crippen molar-refractivity contribution in [3.63, 3.8) is 0 Å². The number of fused-ring (bicyclic) bond motifs is 1. The van der Waals surface area contributed by atoms with Gasteiger partial charge in [-0.1, -0.05) is 25.8 Å². The van der Waals surface area contributed by atoms with Crippen LogP contribution in [0, 0.1) is 5.82 Å². The number of aromatic carboxylic acids is 1. The zero-order valence-corrected chi connectivity index (χ0v) is 20.8. The van der Waals surface area contributed by atoms with Crippen molar-refractivity contribution in [1.29, 1.82) is 0 Å². The number of pyridine rings is 1. The van der Waals surface area contributed by atoms with Crippen molar-refractivity contribution < 1.29 is 19.1 Å². The van der Waals surface area contributed by atoms with Crippen LogP contribution in [-0.2, 0) is 6.42 Å². The molecule has 1 fully saturated rings. The van der Waals surface area contributed by atoms with E-state index in [1.165, 1.54) is 18.3 Å². The summed E-state index contributed by atoms with van der Waals surface area (Å²) in [6, 6.07) is 11.3. The standard InChI is InChI=1S/C28H28FN5O3/c1-3-20-14-25(27(35)33-12-6-4-5-7-17(33)2)31-26-15-24(32-34(20)26)21-10-8-18(13-22(21)29)23-11-9-19(16-30-23)28(36)37/h8-11,13-17H,3-7,12H2,1-2H3,(H,36,37). The van der Waals surface area contributed by atoms with Gasteiger partial charge in [0.15, 0.2) is 5.65 Å². The van der Waals surface area contributed by atoms with Crippen molar-refractivity contribution in [3.8, 4) is 22.5 Å². The normalized spacial score (nSPS) is 16.1. The van der Waals surface area contributed by atoms with Gasteiger partial charge in [0.2, 0.25) is 0 Å². The lowest BCUT2D eigenvalue weighted by molar-refractivity contribution is 0.0684. The lowest BCUT2D eigenvalue weighted by atomic mass is 10.1. The summed E-state index contributed by atoms with van der Waals surface area (Å²) in [5.74, 6) is -1.64. The number of carbonyl (C=O) groups excluding carboxylic acids is 1. The average Bonchev–Trinajstić information content (AvgIpc) is 3.21. The Morgan fingerprint density at radius 3 is 2.62 bits per heavy atom. The number of aryl methyl sites for hydroxylation is 1. The molecule has 1 aromatic carbocycles. The van der Waals surface area contributed by atoms with E-state index in [2.05, 4.69) is 22.0 Å². The van der Waals surface area contributed by atoms with Gasteiger partial charge in [-0.15, -0.1) is 0 Å². The summed E-state index contributed by atoms with van der Waals surface area (Å²) in [6.07, 6.45) is 6.10. The molecular formula is C28H28FN5O3. The van der Waals surface area contributed by atoms with Crippen LogP contribution < -0.4 is 0 Å².